The van der Waals surface area contributed by atoms with E-state index in [1.807, 2.05) is 0 Å². The molecule has 0 radical (unpaired) electrons. The topological polar surface area (TPSA) is 38.4 Å². The fourth-order valence-corrected chi connectivity index (χ4v) is 1.72. The van der Waals surface area contributed by atoms with E-state index in [-0.39, 0.29) is 12.4 Å². The fraction of sp³-hybridized carbons (Fsp3) is 0.250. The van der Waals surface area contributed by atoms with E-state index in [9.17, 15) is 0 Å². The van der Waals surface area contributed by atoms with Crippen LogP contribution in [0, 0.1) is 0 Å². The molecule has 1 rings (SSSR count). The average molecular weight is 294 g/mol. The Bertz CT molecular complexity index is 394. The summed E-state index contributed by atoms with van der Waals surface area (Å²) in [5.41, 5.74) is 6.42. The van der Waals surface area contributed by atoms with Crippen molar-refractivity contribution in [3.8, 4) is 0 Å². The lowest BCUT2D eigenvalue weighted by atomic mass is 10.2. The standard InChI is InChI=1S/C12H14Cl2N2.ClH/c1-2-4-12(15)16-8-7-9-10(13)5-3-6-11(9)14;/h3,5-8H,2,4H2,1H3,(H2,15,16);1H/b8-7+;. The molecule has 0 spiro atoms. The summed E-state index contributed by atoms with van der Waals surface area (Å²) in [6, 6.07) is 5.37. The maximum absolute atomic E-state index is 5.99. The minimum atomic E-state index is 0. The van der Waals surface area contributed by atoms with Crippen LogP contribution >= 0.6 is 35.6 Å². The molecule has 17 heavy (non-hydrogen) atoms. The molecule has 0 saturated carbocycles. The molecule has 0 aliphatic carbocycles. The van der Waals surface area contributed by atoms with Crippen molar-refractivity contribution in [2.24, 2.45) is 10.7 Å². The Hall–Kier alpha value is -0.700. The summed E-state index contributed by atoms with van der Waals surface area (Å²) in [5, 5.41) is 1.21. The van der Waals surface area contributed by atoms with Crippen LogP contribution in [0.4, 0.5) is 0 Å². The third-order valence-electron chi connectivity index (χ3n) is 1.99. The second kappa shape index (κ2) is 8.40. The van der Waals surface area contributed by atoms with Crippen molar-refractivity contribution in [3.63, 3.8) is 0 Å². The molecule has 2 N–H and O–H groups in total. The van der Waals surface area contributed by atoms with E-state index < -0.39 is 0 Å². The number of halogens is 3. The Balaban J connectivity index is 0.00000256. The molecular weight excluding hydrogens is 279 g/mol. The maximum atomic E-state index is 5.99. The zero-order chi connectivity index (χ0) is 12.0. The maximum Gasteiger partial charge on any atom is 0.0988 e. The molecule has 0 aromatic heterocycles. The van der Waals surface area contributed by atoms with Crippen LogP contribution in [0.15, 0.2) is 29.4 Å². The van der Waals surface area contributed by atoms with E-state index in [1.54, 1.807) is 30.5 Å². The predicted molar refractivity (Wildman–Crippen MR) is 79.3 cm³/mol. The first-order valence-electron chi connectivity index (χ1n) is 5.08. The van der Waals surface area contributed by atoms with Gasteiger partial charge in [0.15, 0.2) is 0 Å². The molecule has 0 bridgehead atoms. The second-order valence-corrected chi connectivity index (χ2v) is 4.14. The van der Waals surface area contributed by atoms with Crippen molar-refractivity contribution in [3.05, 3.63) is 40.0 Å². The molecule has 0 aliphatic rings. The monoisotopic (exact) mass is 292 g/mol. The van der Waals surface area contributed by atoms with Gasteiger partial charge in [-0.25, -0.2) is 4.99 Å². The highest BCUT2D eigenvalue weighted by Gasteiger charge is 2.00. The van der Waals surface area contributed by atoms with Gasteiger partial charge in [-0.1, -0.05) is 36.2 Å². The van der Waals surface area contributed by atoms with Gasteiger partial charge >= 0.3 is 0 Å². The van der Waals surface area contributed by atoms with Crippen LogP contribution in [-0.4, -0.2) is 5.84 Å². The largest absolute Gasteiger partial charge is 0.387 e. The van der Waals surface area contributed by atoms with Crippen molar-refractivity contribution in [1.29, 1.82) is 0 Å². The van der Waals surface area contributed by atoms with E-state index in [0.29, 0.717) is 15.9 Å². The van der Waals surface area contributed by atoms with Gasteiger partial charge in [0.25, 0.3) is 0 Å². The summed E-state index contributed by atoms with van der Waals surface area (Å²) in [5.74, 6) is 0.613. The molecule has 1 aromatic rings. The van der Waals surface area contributed by atoms with E-state index in [2.05, 4.69) is 11.9 Å². The van der Waals surface area contributed by atoms with E-state index >= 15 is 0 Å². The van der Waals surface area contributed by atoms with Gasteiger partial charge in [-0.2, -0.15) is 0 Å². The molecule has 94 valence electrons. The number of rotatable bonds is 4. The fourth-order valence-electron chi connectivity index (χ4n) is 1.20. The third-order valence-corrected chi connectivity index (χ3v) is 2.65. The van der Waals surface area contributed by atoms with Gasteiger partial charge in [0.05, 0.1) is 5.84 Å². The number of benzene rings is 1. The Labute approximate surface area is 118 Å². The van der Waals surface area contributed by atoms with Gasteiger partial charge in [-0.3, -0.25) is 0 Å². The highest BCUT2D eigenvalue weighted by atomic mass is 35.5. The second-order valence-electron chi connectivity index (χ2n) is 3.32. The van der Waals surface area contributed by atoms with Gasteiger partial charge in [-0.15, -0.1) is 12.4 Å². The number of hydrogen-bond donors (Lipinski definition) is 1. The number of hydrogen-bond acceptors (Lipinski definition) is 1. The molecule has 0 fully saturated rings. The van der Waals surface area contributed by atoms with Crippen LogP contribution < -0.4 is 5.73 Å². The van der Waals surface area contributed by atoms with Gasteiger partial charge in [0, 0.05) is 28.2 Å². The van der Waals surface area contributed by atoms with Gasteiger partial charge < -0.3 is 5.73 Å². The molecular formula is C12H15Cl3N2. The van der Waals surface area contributed by atoms with Gasteiger partial charge in [0.2, 0.25) is 0 Å². The Morgan fingerprint density at radius 1 is 1.35 bits per heavy atom. The molecule has 0 saturated heterocycles. The van der Waals surface area contributed by atoms with E-state index in [4.69, 9.17) is 28.9 Å². The zero-order valence-electron chi connectivity index (χ0n) is 9.49. The van der Waals surface area contributed by atoms with Crippen LogP contribution in [0.5, 0.6) is 0 Å². The average Bonchev–Trinajstić information content (AvgIpc) is 2.23. The highest BCUT2D eigenvalue weighted by Crippen LogP contribution is 2.25. The molecule has 0 heterocycles. The lowest BCUT2D eigenvalue weighted by Gasteiger charge is -1.99. The summed E-state index contributed by atoms with van der Waals surface area (Å²) >= 11 is 12.0. The van der Waals surface area contributed by atoms with Crippen LogP contribution in [0.1, 0.15) is 25.3 Å². The van der Waals surface area contributed by atoms with Crippen LogP contribution in [0.2, 0.25) is 10.0 Å². The van der Waals surface area contributed by atoms with Crippen LogP contribution in [0.25, 0.3) is 6.08 Å². The first kappa shape index (κ1) is 16.3. The SMILES string of the molecule is CCCC(N)=N/C=C/c1c(Cl)cccc1Cl.Cl. The lowest BCUT2D eigenvalue weighted by Crippen LogP contribution is -2.09. The van der Waals surface area contributed by atoms with Crippen molar-refractivity contribution in [2.45, 2.75) is 19.8 Å². The number of nitrogens with zero attached hydrogens (tertiary/aromatic N) is 1. The third kappa shape index (κ3) is 5.44. The molecule has 0 aliphatic heterocycles. The smallest absolute Gasteiger partial charge is 0.0988 e. The summed E-state index contributed by atoms with van der Waals surface area (Å²) in [4.78, 5) is 4.09. The zero-order valence-corrected chi connectivity index (χ0v) is 11.8. The van der Waals surface area contributed by atoms with Crippen molar-refractivity contribution in [1.82, 2.24) is 0 Å². The first-order valence-corrected chi connectivity index (χ1v) is 5.83. The molecule has 2 nitrogen and oxygen atoms in total. The minimum absolute atomic E-state index is 0. The summed E-state index contributed by atoms with van der Waals surface area (Å²) < 4.78 is 0. The summed E-state index contributed by atoms with van der Waals surface area (Å²) in [6.45, 7) is 2.05. The van der Waals surface area contributed by atoms with Crippen LogP contribution in [0.3, 0.4) is 0 Å². The summed E-state index contributed by atoms with van der Waals surface area (Å²) in [7, 11) is 0. The number of nitrogens with two attached hydrogens (primary N) is 1. The van der Waals surface area contributed by atoms with Gasteiger partial charge in [-0.05, 0) is 24.6 Å². The quantitative estimate of drug-likeness (QED) is 0.642. The lowest BCUT2D eigenvalue weighted by molar-refractivity contribution is 0.983. The number of aliphatic imine (C=N–C) groups is 1. The summed E-state index contributed by atoms with van der Waals surface area (Å²) in [6.07, 6.45) is 5.15. The first-order chi connectivity index (χ1) is 7.65. The van der Waals surface area contributed by atoms with Gasteiger partial charge in [0.1, 0.15) is 0 Å². The molecule has 0 atom stereocenters. The predicted octanol–water partition coefficient (Wildman–Crippen LogP) is 4.54. The van der Waals surface area contributed by atoms with Crippen molar-refractivity contribution in [2.75, 3.05) is 0 Å². The Morgan fingerprint density at radius 3 is 2.47 bits per heavy atom. The molecule has 0 unspecified atom stereocenters. The molecule has 5 heteroatoms. The Kier molecular flexibility index (Phi) is 8.05. The van der Waals surface area contributed by atoms with Crippen LogP contribution in [-0.2, 0) is 0 Å². The highest BCUT2D eigenvalue weighted by molar-refractivity contribution is 6.37. The van der Waals surface area contributed by atoms with E-state index in [0.717, 1.165) is 18.4 Å². The van der Waals surface area contributed by atoms with E-state index in [1.165, 1.54) is 0 Å². The Morgan fingerprint density at radius 2 is 1.94 bits per heavy atom. The normalized spacial score (nSPS) is 11.6. The molecule has 1 aromatic carbocycles. The number of amidine groups is 1. The van der Waals surface area contributed by atoms with Crippen molar-refractivity contribution >= 4 is 47.5 Å². The minimum Gasteiger partial charge on any atom is -0.387 e. The van der Waals surface area contributed by atoms with Crippen molar-refractivity contribution < 1.29 is 0 Å². The molecule has 0 amide bonds.